The van der Waals surface area contributed by atoms with Gasteiger partial charge < -0.3 is 10.1 Å². The van der Waals surface area contributed by atoms with Crippen molar-refractivity contribution in [2.45, 2.75) is 73.0 Å². The van der Waals surface area contributed by atoms with Crippen LogP contribution in [0.2, 0.25) is 0 Å². The van der Waals surface area contributed by atoms with Crippen molar-refractivity contribution < 1.29 is 14.3 Å². The van der Waals surface area contributed by atoms with Gasteiger partial charge in [0.25, 0.3) is 0 Å². The Labute approximate surface area is 128 Å². The minimum absolute atomic E-state index is 0.0197. The van der Waals surface area contributed by atoms with Gasteiger partial charge in [0, 0.05) is 12.3 Å². The zero-order valence-electron chi connectivity index (χ0n) is 14.2. The highest BCUT2D eigenvalue weighted by atomic mass is 16.5. The molecule has 2 aliphatic carbocycles. The molecule has 4 atom stereocenters. The Balaban J connectivity index is 2.08. The number of esters is 1. The Kier molecular flexibility index (Phi) is 4.11. The van der Waals surface area contributed by atoms with E-state index in [4.69, 9.17) is 4.74 Å². The summed E-state index contributed by atoms with van der Waals surface area (Å²) in [5, 5.41) is 2.72. The first kappa shape index (κ1) is 16.3. The lowest BCUT2D eigenvalue weighted by atomic mass is 9.70. The molecule has 2 rings (SSSR count). The van der Waals surface area contributed by atoms with Gasteiger partial charge in [0.2, 0.25) is 5.91 Å². The largest absolute Gasteiger partial charge is 0.460 e. The summed E-state index contributed by atoms with van der Waals surface area (Å²) in [5.74, 6) is 0.194. The van der Waals surface area contributed by atoms with Gasteiger partial charge in [0.05, 0.1) is 0 Å². The van der Waals surface area contributed by atoms with E-state index in [0.29, 0.717) is 5.92 Å². The topological polar surface area (TPSA) is 55.4 Å². The third kappa shape index (κ3) is 2.58. The molecule has 2 aliphatic rings. The molecule has 4 unspecified atom stereocenters. The Morgan fingerprint density at radius 1 is 1.24 bits per heavy atom. The van der Waals surface area contributed by atoms with Gasteiger partial charge in [-0.05, 0) is 36.5 Å². The fourth-order valence-electron chi connectivity index (χ4n) is 4.24. The van der Waals surface area contributed by atoms with Gasteiger partial charge in [-0.1, -0.05) is 34.6 Å². The number of ether oxygens (including phenoxy) is 1. The maximum absolute atomic E-state index is 12.5. The van der Waals surface area contributed by atoms with Gasteiger partial charge in [-0.25, -0.2) is 4.79 Å². The number of carbonyl (C=O) groups excluding carboxylic acids is 2. The quantitative estimate of drug-likeness (QED) is 0.811. The van der Waals surface area contributed by atoms with Crippen LogP contribution >= 0.6 is 0 Å². The van der Waals surface area contributed by atoms with E-state index in [0.717, 1.165) is 12.8 Å². The summed E-state index contributed by atoms with van der Waals surface area (Å²) in [6.45, 7) is 12.1. The van der Waals surface area contributed by atoms with Crippen molar-refractivity contribution >= 4 is 11.9 Å². The molecule has 0 heterocycles. The summed E-state index contributed by atoms with van der Waals surface area (Å²) >= 11 is 0. The molecule has 0 aromatic carbocycles. The van der Waals surface area contributed by atoms with Crippen LogP contribution in [-0.2, 0) is 14.3 Å². The third-order valence-corrected chi connectivity index (χ3v) is 6.25. The van der Waals surface area contributed by atoms with Crippen LogP contribution in [0.15, 0.2) is 0 Å². The maximum Gasteiger partial charge on any atom is 0.329 e. The second-order valence-corrected chi connectivity index (χ2v) is 7.96. The standard InChI is InChI=1S/C17H29NO3/c1-10(2)14(18-11(3)19)15(20)21-13-9-12-7-8-17(13,6)16(12,4)5/h10,12-14H,7-9H2,1-6H3,(H,18,19). The molecule has 0 aliphatic heterocycles. The zero-order chi connectivity index (χ0) is 16.0. The molecule has 0 radical (unpaired) electrons. The molecule has 0 saturated heterocycles. The predicted molar refractivity (Wildman–Crippen MR) is 81.6 cm³/mol. The van der Waals surface area contributed by atoms with Gasteiger partial charge in [-0.15, -0.1) is 0 Å². The zero-order valence-corrected chi connectivity index (χ0v) is 14.2. The Bertz CT molecular complexity index is 443. The monoisotopic (exact) mass is 295 g/mol. The summed E-state index contributed by atoms with van der Waals surface area (Å²) in [7, 11) is 0. The molecule has 0 aromatic heterocycles. The highest BCUT2D eigenvalue weighted by Gasteiger charge is 2.63. The normalized spacial score (nSPS) is 34.8. The van der Waals surface area contributed by atoms with Crippen LogP contribution in [0.4, 0.5) is 0 Å². The smallest absolute Gasteiger partial charge is 0.329 e. The lowest BCUT2D eigenvalue weighted by Crippen LogP contribution is -2.47. The summed E-state index contributed by atoms with van der Waals surface area (Å²) < 4.78 is 5.85. The number of rotatable bonds is 4. The van der Waals surface area contributed by atoms with Crippen molar-refractivity contribution in [2.24, 2.45) is 22.7 Å². The number of carbonyl (C=O) groups is 2. The minimum Gasteiger partial charge on any atom is -0.460 e. The second kappa shape index (κ2) is 5.29. The van der Waals surface area contributed by atoms with E-state index in [2.05, 4.69) is 26.1 Å². The molecule has 2 saturated carbocycles. The molecular weight excluding hydrogens is 266 g/mol. The van der Waals surface area contributed by atoms with E-state index in [1.54, 1.807) is 0 Å². The molecule has 4 heteroatoms. The lowest BCUT2D eigenvalue weighted by Gasteiger charge is -2.39. The van der Waals surface area contributed by atoms with E-state index < -0.39 is 6.04 Å². The number of amides is 1. The molecule has 0 aromatic rings. The average Bonchev–Trinajstić information content (AvgIpc) is 2.68. The van der Waals surface area contributed by atoms with E-state index in [1.807, 2.05) is 13.8 Å². The van der Waals surface area contributed by atoms with Crippen LogP contribution in [0, 0.1) is 22.7 Å². The number of hydrogen-bond acceptors (Lipinski definition) is 3. The van der Waals surface area contributed by atoms with Crippen LogP contribution in [0.25, 0.3) is 0 Å². The molecule has 1 amide bonds. The predicted octanol–water partition coefficient (Wildman–Crippen LogP) is 2.91. The van der Waals surface area contributed by atoms with E-state index >= 15 is 0 Å². The van der Waals surface area contributed by atoms with Gasteiger partial charge in [0.1, 0.15) is 12.1 Å². The Hall–Kier alpha value is -1.06. The number of hydrogen-bond donors (Lipinski definition) is 1. The highest BCUT2D eigenvalue weighted by Crippen LogP contribution is 2.66. The van der Waals surface area contributed by atoms with E-state index in [9.17, 15) is 9.59 Å². The first-order valence-electron chi connectivity index (χ1n) is 8.07. The van der Waals surface area contributed by atoms with E-state index in [-0.39, 0.29) is 34.7 Å². The molecule has 4 nitrogen and oxygen atoms in total. The lowest BCUT2D eigenvalue weighted by molar-refractivity contribution is -0.161. The Morgan fingerprint density at radius 3 is 2.24 bits per heavy atom. The molecule has 1 N–H and O–H groups in total. The van der Waals surface area contributed by atoms with Crippen LogP contribution in [0.1, 0.15) is 60.8 Å². The molecule has 2 fully saturated rings. The van der Waals surface area contributed by atoms with Crippen LogP contribution < -0.4 is 5.32 Å². The fraction of sp³-hybridized carbons (Fsp3) is 0.882. The maximum atomic E-state index is 12.5. The molecule has 21 heavy (non-hydrogen) atoms. The van der Waals surface area contributed by atoms with Crippen molar-refractivity contribution in [1.29, 1.82) is 0 Å². The molecule has 120 valence electrons. The molecular formula is C17H29NO3. The first-order valence-corrected chi connectivity index (χ1v) is 8.07. The Morgan fingerprint density at radius 2 is 1.86 bits per heavy atom. The van der Waals surface area contributed by atoms with Crippen LogP contribution in [0.3, 0.4) is 0 Å². The fourth-order valence-corrected chi connectivity index (χ4v) is 4.24. The number of nitrogens with one attached hydrogen (secondary N) is 1. The number of fused-ring (bicyclic) bond motifs is 2. The van der Waals surface area contributed by atoms with Crippen molar-refractivity contribution in [3.63, 3.8) is 0 Å². The summed E-state index contributed by atoms with van der Waals surface area (Å²) in [6.07, 6.45) is 3.29. The summed E-state index contributed by atoms with van der Waals surface area (Å²) in [4.78, 5) is 23.7. The minimum atomic E-state index is -0.548. The van der Waals surface area contributed by atoms with Gasteiger partial charge in [-0.2, -0.15) is 0 Å². The van der Waals surface area contributed by atoms with Gasteiger partial charge in [0.15, 0.2) is 0 Å². The van der Waals surface area contributed by atoms with Gasteiger partial charge in [-0.3, -0.25) is 4.79 Å². The first-order chi connectivity index (χ1) is 9.59. The van der Waals surface area contributed by atoms with Crippen molar-refractivity contribution in [2.75, 3.05) is 0 Å². The van der Waals surface area contributed by atoms with Crippen molar-refractivity contribution in [3.8, 4) is 0 Å². The second-order valence-electron chi connectivity index (χ2n) is 7.96. The third-order valence-electron chi connectivity index (χ3n) is 6.25. The average molecular weight is 295 g/mol. The van der Waals surface area contributed by atoms with Crippen LogP contribution in [0.5, 0.6) is 0 Å². The SMILES string of the molecule is CC(=O)NC(C(=O)OC1CC2CCC1(C)C2(C)C)C(C)C. The molecule has 0 spiro atoms. The summed E-state index contributed by atoms with van der Waals surface area (Å²) in [5.41, 5.74) is 0.282. The highest BCUT2D eigenvalue weighted by molar-refractivity contribution is 5.83. The van der Waals surface area contributed by atoms with Crippen molar-refractivity contribution in [3.05, 3.63) is 0 Å². The molecule has 2 bridgehead atoms. The van der Waals surface area contributed by atoms with Crippen molar-refractivity contribution in [1.82, 2.24) is 5.32 Å². The summed E-state index contributed by atoms with van der Waals surface area (Å²) in [6, 6.07) is -0.548. The van der Waals surface area contributed by atoms with Crippen LogP contribution in [-0.4, -0.2) is 24.0 Å². The van der Waals surface area contributed by atoms with E-state index in [1.165, 1.54) is 13.3 Å². The van der Waals surface area contributed by atoms with Gasteiger partial charge >= 0.3 is 5.97 Å².